The highest BCUT2D eigenvalue weighted by molar-refractivity contribution is 5.96. The maximum atomic E-state index is 2.34. The van der Waals surface area contributed by atoms with Gasteiger partial charge in [-0.1, -0.05) is 78.9 Å². The molecule has 0 bridgehead atoms. The Bertz CT molecular complexity index is 889. The SMILES string of the molecule is c1ccc(Cn2cc(-c3ccccc3)c3ccccc32)cc1. The van der Waals surface area contributed by atoms with Crippen LogP contribution in [0.1, 0.15) is 5.56 Å². The third-order valence-corrected chi connectivity index (χ3v) is 4.07. The van der Waals surface area contributed by atoms with Crippen LogP contribution in [0.3, 0.4) is 0 Å². The van der Waals surface area contributed by atoms with Crippen molar-refractivity contribution in [1.82, 2.24) is 4.57 Å². The van der Waals surface area contributed by atoms with Gasteiger partial charge in [0, 0.05) is 29.2 Å². The third kappa shape index (κ3) is 2.31. The van der Waals surface area contributed by atoms with Crippen molar-refractivity contribution in [3.8, 4) is 11.1 Å². The molecule has 0 atom stereocenters. The van der Waals surface area contributed by atoms with Gasteiger partial charge in [-0.2, -0.15) is 0 Å². The molecule has 0 amide bonds. The standard InChI is InChI=1S/C21H17N/c1-3-9-17(10-4-1)15-22-16-20(18-11-5-2-6-12-18)19-13-7-8-14-21(19)22/h1-14,16H,15H2. The molecule has 4 rings (SSSR count). The van der Waals surface area contributed by atoms with Crippen molar-refractivity contribution in [2.24, 2.45) is 0 Å². The maximum absolute atomic E-state index is 2.34. The van der Waals surface area contributed by atoms with Crippen LogP contribution in [0, 0.1) is 0 Å². The van der Waals surface area contributed by atoms with E-state index in [1.165, 1.54) is 27.6 Å². The summed E-state index contributed by atoms with van der Waals surface area (Å²) in [7, 11) is 0. The molecular weight excluding hydrogens is 266 g/mol. The van der Waals surface area contributed by atoms with Crippen LogP contribution < -0.4 is 0 Å². The Morgan fingerprint density at radius 3 is 2.05 bits per heavy atom. The molecular formula is C21H17N. The summed E-state index contributed by atoms with van der Waals surface area (Å²) in [5.41, 5.74) is 5.17. The predicted molar refractivity (Wildman–Crippen MR) is 92.9 cm³/mol. The molecule has 0 radical (unpaired) electrons. The van der Waals surface area contributed by atoms with Crippen molar-refractivity contribution >= 4 is 10.9 Å². The molecule has 0 N–H and O–H groups in total. The second kappa shape index (κ2) is 5.53. The molecule has 0 fully saturated rings. The first kappa shape index (κ1) is 12.9. The molecule has 0 aliphatic rings. The summed E-state index contributed by atoms with van der Waals surface area (Å²) in [4.78, 5) is 0. The van der Waals surface area contributed by atoms with E-state index in [0.29, 0.717) is 0 Å². The van der Waals surface area contributed by atoms with Crippen molar-refractivity contribution in [1.29, 1.82) is 0 Å². The molecule has 4 aromatic rings. The van der Waals surface area contributed by atoms with Gasteiger partial charge < -0.3 is 4.57 Å². The van der Waals surface area contributed by atoms with Crippen molar-refractivity contribution < 1.29 is 0 Å². The Labute approximate surface area is 130 Å². The molecule has 1 heterocycles. The van der Waals surface area contributed by atoms with E-state index in [2.05, 4.69) is 95.7 Å². The van der Waals surface area contributed by atoms with Crippen LogP contribution in [-0.2, 0) is 6.54 Å². The summed E-state index contributed by atoms with van der Waals surface area (Å²) in [6, 6.07) is 29.8. The minimum Gasteiger partial charge on any atom is -0.342 e. The van der Waals surface area contributed by atoms with Crippen molar-refractivity contribution in [3.63, 3.8) is 0 Å². The number of nitrogens with zero attached hydrogens (tertiary/aromatic N) is 1. The van der Waals surface area contributed by atoms with Gasteiger partial charge in [-0.3, -0.25) is 0 Å². The highest BCUT2D eigenvalue weighted by Gasteiger charge is 2.09. The van der Waals surface area contributed by atoms with Crippen LogP contribution in [-0.4, -0.2) is 4.57 Å². The topological polar surface area (TPSA) is 4.93 Å². The molecule has 106 valence electrons. The fraction of sp³-hybridized carbons (Fsp3) is 0.0476. The Balaban J connectivity index is 1.86. The van der Waals surface area contributed by atoms with Crippen LogP contribution >= 0.6 is 0 Å². The fourth-order valence-electron chi connectivity index (χ4n) is 3.01. The normalized spacial score (nSPS) is 10.9. The van der Waals surface area contributed by atoms with Gasteiger partial charge in [-0.15, -0.1) is 0 Å². The van der Waals surface area contributed by atoms with E-state index in [0.717, 1.165) is 6.54 Å². The monoisotopic (exact) mass is 283 g/mol. The van der Waals surface area contributed by atoms with Crippen LogP contribution in [0.4, 0.5) is 0 Å². The molecule has 0 spiro atoms. The summed E-state index contributed by atoms with van der Waals surface area (Å²) < 4.78 is 2.34. The van der Waals surface area contributed by atoms with Gasteiger partial charge >= 0.3 is 0 Å². The number of para-hydroxylation sites is 1. The first-order chi connectivity index (χ1) is 10.9. The van der Waals surface area contributed by atoms with Gasteiger partial charge in [0.25, 0.3) is 0 Å². The van der Waals surface area contributed by atoms with Crippen LogP contribution in [0.25, 0.3) is 22.0 Å². The summed E-state index contributed by atoms with van der Waals surface area (Å²) in [5.74, 6) is 0. The third-order valence-electron chi connectivity index (χ3n) is 4.07. The number of hydrogen-bond donors (Lipinski definition) is 0. The molecule has 22 heavy (non-hydrogen) atoms. The van der Waals surface area contributed by atoms with Gasteiger partial charge in [0.05, 0.1) is 0 Å². The Hall–Kier alpha value is -2.80. The van der Waals surface area contributed by atoms with E-state index in [-0.39, 0.29) is 0 Å². The lowest BCUT2D eigenvalue weighted by molar-refractivity contribution is 0.837. The van der Waals surface area contributed by atoms with Gasteiger partial charge in [0.2, 0.25) is 0 Å². The molecule has 1 nitrogen and oxygen atoms in total. The first-order valence-corrected chi connectivity index (χ1v) is 7.59. The second-order valence-electron chi connectivity index (χ2n) is 5.54. The van der Waals surface area contributed by atoms with Crippen molar-refractivity contribution in [3.05, 3.63) is 96.7 Å². The second-order valence-corrected chi connectivity index (χ2v) is 5.54. The van der Waals surface area contributed by atoms with Crippen molar-refractivity contribution in [2.75, 3.05) is 0 Å². The lowest BCUT2D eigenvalue weighted by Crippen LogP contribution is -1.97. The highest BCUT2D eigenvalue weighted by Crippen LogP contribution is 2.30. The van der Waals surface area contributed by atoms with Crippen LogP contribution in [0.2, 0.25) is 0 Å². The van der Waals surface area contributed by atoms with Crippen molar-refractivity contribution in [2.45, 2.75) is 6.54 Å². The maximum Gasteiger partial charge on any atom is 0.0489 e. The summed E-state index contributed by atoms with van der Waals surface area (Å²) in [6.45, 7) is 0.897. The summed E-state index contributed by atoms with van der Waals surface area (Å²) in [5, 5.41) is 1.31. The number of aromatic nitrogens is 1. The zero-order valence-electron chi connectivity index (χ0n) is 12.3. The molecule has 0 aliphatic carbocycles. The van der Waals surface area contributed by atoms with Gasteiger partial charge in [-0.25, -0.2) is 0 Å². The lowest BCUT2D eigenvalue weighted by atomic mass is 10.1. The smallest absolute Gasteiger partial charge is 0.0489 e. The molecule has 0 aliphatic heterocycles. The Morgan fingerprint density at radius 2 is 1.27 bits per heavy atom. The van der Waals surface area contributed by atoms with Gasteiger partial charge in [0.15, 0.2) is 0 Å². The van der Waals surface area contributed by atoms with E-state index in [9.17, 15) is 0 Å². The van der Waals surface area contributed by atoms with E-state index < -0.39 is 0 Å². The quantitative estimate of drug-likeness (QED) is 0.477. The number of hydrogen-bond acceptors (Lipinski definition) is 0. The van der Waals surface area contributed by atoms with E-state index >= 15 is 0 Å². The average molecular weight is 283 g/mol. The zero-order valence-corrected chi connectivity index (χ0v) is 12.3. The molecule has 1 aromatic heterocycles. The molecule has 0 saturated heterocycles. The largest absolute Gasteiger partial charge is 0.342 e. The first-order valence-electron chi connectivity index (χ1n) is 7.59. The van der Waals surface area contributed by atoms with Crippen LogP contribution in [0.15, 0.2) is 91.1 Å². The molecule has 1 heteroatoms. The minimum atomic E-state index is 0.897. The van der Waals surface area contributed by atoms with E-state index in [1.807, 2.05) is 0 Å². The van der Waals surface area contributed by atoms with Gasteiger partial charge in [-0.05, 0) is 17.2 Å². The summed E-state index contributed by atoms with van der Waals surface area (Å²) >= 11 is 0. The van der Waals surface area contributed by atoms with Crippen LogP contribution in [0.5, 0.6) is 0 Å². The van der Waals surface area contributed by atoms with E-state index in [4.69, 9.17) is 0 Å². The highest BCUT2D eigenvalue weighted by atomic mass is 15.0. The predicted octanol–water partition coefficient (Wildman–Crippen LogP) is 5.36. The Morgan fingerprint density at radius 1 is 0.636 bits per heavy atom. The zero-order chi connectivity index (χ0) is 14.8. The minimum absolute atomic E-state index is 0.897. The molecule has 0 unspecified atom stereocenters. The fourth-order valence-corrected chi connectivity index (χ4v) is 3.01. The van der Waals surface area contributed by atoms with E-state index in [1.54, 1.807) is 0 Å². The number of rotatable bonds is 3. The molecule has 0 saturated carbocycles. The number of benzene rings is 3. The molecule has 3 aromatic carbocycles. The van der Waals surface area contributed by atoms with Gasteiger partial charge in [0.1, 0.15) is 0 Å². The Kier molecular flexibility index (Phi) is 3.24. The lowest BCUT2D eigenvalue weighted by Gasteiger charge is -2.05. The number of fused-ring (bicyclic) bond motifs is 1. The summed E-state index contributed by atoms with van der Waals surface area (Å²) in [6.07, 6.45) is 2.27. The average Bonchev–Trinajstić information content (AvgIpc) is 2.96.